The quantitative estimate of drug-likeness (QED) is 0.0271. The smallest absolute Gasteiger partial charge is 0.462 e. The van der Waals surface area contributed by atoms with Gasteiger partial charge in [0, 0.05) is 19.4 Å². The minimum atomic E-state index is -4.39. The molecule has 0 aliphatic heterocycles. The van der Waals surface area contributed by atoms with Gasteiger partial charge in [-0.2, -0.15) is 0 Å². The van der Waals surface area contributed by atoms with E-state index >= 15 is 0 Å². The molecule has 10 heteroatoms. The number of carbonyl (C=O) groups excluding carboxylic acids is 2. The van der Waals surface area contributed by atoms with Gasteiger partial charge in [-0.3, -0.25) is 18.6 Å². The predicted octanol–water partition coefficient (Wildman–Crippen LogP) is 12.0. The molecule has 2 atom stereocenters. The maximum atomic E-state index is 12.6. The molecule has 0 aliphatic carbocycles. The van der Waals surface area contributed by atoms with Crippen molar-refractivity contribution in [3.63, 3.8) is 0 Å². The second-order valence-electron chi connectivity index (χ2n) is 13.5. The van der Waals surface area contributed by atoms with Gasteiger partial charge in [-0.1, -0.05) is 137 Å². The Morgan fingerprint density at radius 1 is 0.564 bits per heavy atom. The number of hydrogen-bond donors (Lipinski definition) is 2. The molecule has 3 N–H and O–H groups in total. The molecular formula is C45H76NO8P. The Balaban J connectivity index is 4.29. The molecule has 0 spiro atoms. The summed E-state index contributed by atoms with van der Waals surface area (Å²) in [5.74, 6) is -0.891. The zero-order chi connectivity index (χ0) is 40.3. The molecule has 314 valence electrons. The average molecular weight is 790 g/mol. The van der Waals surface area contributed by atoms with E-state index in [1.54, 1.807) is 0 Å². The number of rotatable bonds is 38. The Hall–Kier alpha value is -2.81. The second kappa shape index (κ2) is 40.8. The van der Waals surface area contributed by atoms with Crippen LogP contribution in [0.2, 0.25) is 0 Å². The van der Waals surface area contributed by atoms with Crippen molar-refractivity contribution in [2.45, 2.75) is 161 Å². The van der Waals surface area contributed by atoms with Gasteiger partial charge < -0.3 is 20.1 Å². The van der Waals surface area contributed by atoms with E-state index in [1.165, 1.54) is 25.7 Å². The molecule has 0 radical (unpaired) electrons. The summed E-state index contributed by atoms with van der Waals surface area (Å²) in [6.45, 7) is 3.51. The molecule has 55 heavy (non-hydrogen) atoms. The van der Waals surface area contributed by atoms with E-state index in [4.69, 9.17) is 24.3 Å². The third kappa shape index (κ3) is 40.7. The molecular weight excluding hydrogens is 713 g/mol. The van der Waals surface area contributed by atoms with Crippen LogP contribution in [0.15, 0.2) is 85.1 Å². The van der Waals surface area contributed by atoms with E-state index in [1.807, 2.05) is 0 Å². The first-order valence-corrected chi connectivity index (χ1v) is 22.6. The van der Waals surface area contributed by atoms with Crippen LogP contribution in [-0.2, 0) is 32.7 Å². The van der Waals surface area contributed by atoms with Crippen molar-refractivity contribution in [3.8, 4) is 0 Å². The van der Waals surface area contributed by atoms with Gasteiger partial charge in [0.25, 0.3) is 0 Å². The molecule has 0 saturated heterocycles. The SMILES string of the molecule is CC/C=C\C/C=C\C/C=C\C/C=C\C/C=C\CCCCCC(=O)O[C@H](COC(=O)CCCCCCC/C=C\C/C=C\CCCCC)COP(=O)(O)OCCN. The minimum Gasteiger partial charge on any atom is -0.462 e. The van der Waals surface area contributed by atoms with E-state index in [0.717, 1.165) is 89.9 Å². The summed E-state index contributed by atoms with van der Waals surface area (Å²) in [6.07, 6.45) is 50.4. The fourth-order valence-electron chi connectivity index (χ4n) is 5.16. The van der Waals surface area contributed by atoms with Gasteiger partial charge >= 0.3 is 19.8 Å². The topological polar surface area (TPSA) is 134 Å². The van der Waals surface area contributed by atoms with Crippen molar-refractivity contribution in [1.29, 1.82) is 0 Å². The molecule has 0 amide bonds. The predicted molar refractivity (Wildman–Crippen MR) is 229 cm³/mol. The molecule has 0 aromatic heterocycles. The first-order chi connectivity index (χ1) is 26.8. The summed E-state index contributed by atoms with van der Waals surface area (Å²) >= 11 is 0. The van der Waals surface area contributed by atoms with Crippen LogP contribution in [0.4, 0.5) is 0 Å². The van der Waals surface area contributed by atoms with E-state index in [0.29, 0.717) is 12.8 Å². The van der Waals surface area contributed by atoms with Crippen molar-refractivity contribution in [2.24, 2.45) is 5.73 Å². The zero-order valence-electron chi connectivity index (χ0n) is 34.4. The average Bonchev–Trinajstić information content (AvgIpc) is 3.17. The minimum absolute atomic E-state index is 0.0409. The lowest BCUT2D eigenvalue weighted by Crippen LogP contribution is -2.29. The van der Waals surface area contributed by atoms with Crippen molar-refractivity contribution < 1.29 is 37.6 Å². The second-order valence-corrected chi connectivity index (χ2v) is 14.9. The van der Waals surface area contributed by atoms with Crippen molar-refractivity contribution in [2.75, 3.05) is 26.4 Å². The fourth-order valence-corrected chi connectivity index (χ4v) is 5.92. The van der Waals surface area contributed by atoms with Crippen LogP contribution in [-0.4, -0.2) is 49.3 Å². The van der Waals surface area contributed by atoms with Crippen molar-refractivity contribution in [1.82, 2.24) is 0 Å². The molecule has 0 saturated carbocycles. The third-order valence-electron chi connectivity index (χ3n) is 8.27. The van der Waals surface area contributed by atoms with Gasteiger partial charge in [-0.15, -0.1) is 0 Å². The Kier molecular flexibility index (Phi) is 38.8. The number of phosphoric ester groups is 1. The zero-order valence-corrected chi connectivity index (χ0v) is 35.3. The van der Waals surface area contributed by atoms with E-state index in [2.05, 4.69) is 98.9 Å². The van der Waals surface area contributed by atoms with Crippen molar-refractivity contribution >= 4 is 19.8 Å². The molecule has 0 aliphatic rings. The van der Waals surface area contributed by atoms with Gasteiger partial charge in [-0.05, 0) is 89.9 Å². The normalized spacial score (nSPS) is 14.2. The summed E-state index contributed by atoms with van der Waals surface area (Å²) in [6, 6.07) is 0. The van der Waals surface area contributed by atoms with Gasteiger partial charge in [-0.25, -0.2) is 4.57 Å². The first-order valence-electron chi connectivity index (χ1n) is 21.1. The highest BCUT2D eigenvalue weighted by molar-refractivity contribution is 7.47. The summed E-state index contributed by atoms with van der Waals surface area (Å²) < 4.78 is 32.7. The highest BCUT2D eigenvalue weighted by Gasteiger charge is 2.25. The monoisotopic (exact) mass is 790 g/mol. The summed E-state index contributed by atoms with van der Waals surface area (Å²) in [5.41, 5.74) is 5.34. The lowest BCUT2D eigenvalue weighted by molar-refractivity contribution is -0.161. The standard InChI is InChI=1S/C45H76NO8P/c1-3-5-7-9-11-13-15-17-19-20-21-22-24-26-28-30-32-34-36-38-45(48)54-43(42-53-55(49,50)52-40-39-46)41-51-44(47)37-35-33-31-29-27-25-23-18-16-14-12-10-8-6-4-2/h5,7,11-14,17-19,21-23,26,28,43H,3-4,6,8-10,15-16,20,24-25,27,29-42,46H2,1-2H3,(H,49,50)/b7-5-,13-11-,14-12-,19-17-,22-21-,23-18-,28-26-/t43-/m1/s1. The number of phosphoric acid groups is 1. The fraction of sp³-hybridized carbons (Fsp3) is 0.644. The van der Waals surface area contributed by atoms with Crippen molar-refractivity contribution in [3.05, 3.63) is 85.1 Å². The highest BCUT2D eigenvalue weighted by atomic mass is 31.2. The van der Waals surface area contributed by atoms with Crippen LogP contribution in [0.25, 0.3) is 0 Å². The molecule has 9 nitrogen and oxygen atoms in total. The largest absolute Gasteiger partial charge is 0.472 e. The number of esters is 2. The molecule has 0 bridgehead atoms. The van der Waals surface area contributed by atoms with Gasteiger partial charge in [0.05, 0.1) is 13.2 Å². The lowest BCUT2D eigenvalue weighted by atomic mass is 10.1. The van der Waals surface area contributed by atoms with Crippen LogP contribution < -0.4 is 5.73 Å². The van der Waals surface area contributed by atoms with Gasteiger partial charge in [0.2, 0.25) is 0 Å². The number of ether oxygens (including phenoxy) is 2. The van der Waals surface area contributed by atoms with Crippen LogP contribution in [0.5, 0.6) is 0 Å². The number of carbonyl (C=O) groups is 2. The first kappa shape index (κ1) is 52.2. The maximum absolute atomic E-state index is 12.6. The molecule has 0 fully saturated rings. The third-order valence-corrected chi connectivity index (χ3v) is 9.25. The number of allylic oxidation sites excluding steroid dienone is 14. The molecule has 1 unspecified atom stereocenters. The Morgan fingerprint density at radius 2 is 1.00 bits per heavy atom. The molecule has 0 heterocycles. The number of unbranched alkanes of at least 4 members (excludes halogenated alkanes) is 11. The van der Waals surface area contributed by atoms with Gasteiger partial charge in [0.15, 0.2) is 6.10 Å². The van der Waals surface area contributed by atoms with Crippen LogP contribution in [0.1, 0.15) is 155 Å². The summed E-state index contributed by atoms with van der Waals surface area (Å²) in [7, 11) is -4.39. The lowest BCUT2D eigenvalue weighted by Gasteiger charge is -2.19. The molecule has 0 rings (SSSR count). The number of nitrogens with two attached hydrogens (primary N) is 1. The van der Waals surface area contributed by atoms with Crippen LogP contribution in [0.3, 0.4) is 0 Å². The molecule has 0 aromatic rings. The van der Waals surface area contributed by atoms with Crippen LogP contribution in [0, 0.1) is 0 Å². The number of hydrogen-bond acceptors (Lipinski definition) is 8. The summed E-state index contributed by atoms with van der Waals surface area (Å²) in [5, 5.41) is 0. The van der Waals surface area contributed by atoms with E-state index in [9.17, 15) is 19.0 Å². The highest BCUT2D eigenvalue weighted by Crippen LogP contribution is 2.43. The maximum Gasteiger partial charge on any atom is 0.472 e. The summed E-state index contributed by atoms with van der Waals surface area (Å²) in [4.78, 5) is 34.8. The van der Waals surface area contributed by atoms with E-state index < -0.39 is 32.5 Å². The Labute approximate surface area is 334 Å². The Bertz CT molecular complexity index is 1170. The Morgan fingerprint density at radius 3 is 1.51 bits per heavy atom. The van der Waals surface area contributed by atoms with E-state index in [-0.39, 0.29) is 32.6 Å². The molecule has 0 aromatic carbocycles. The van der Waals surface area contributed by atoms with Gasteiger partial charge in [0.1, 0.15) is 6.61 Å². The van der Waals surface area contributed by atoms with Crippen LogP contribution >= 0.6 is 7.82 Å².